The third-order valence-electron chi connectivity index (χ3n) is 6.84. The molecule has 1 aromatic carbocycles. The van der Waals surface area contributed by atoms with E-state index in [-0.39, 0.29) is 17.0 Å². The second-order valence-electron chi connectivity index (χ2n) is 8.70. The number of aromatic nitrogens is 3. The second kappa shape index (κ2) is 8.55. The highest BCUT2D eigenvalue weighted by atomic mass is 19.1. The summed E-state index contributed by atoms with van der Waals surface area (Å²) in [6, 6.07) is 7.82. The van der Waals surface area contributed by atoms with E-state index in [1.807, 2.05) is 19.1 Å². The van der Waals surface area contributed by atoms with Gasteiger partial charge in [0, 0.05) is 38.8 Å². The number of pyridine rings is 1. The summed E-state index contributed by atoms with van der Waals surface area (Å²) in [7, 11) is 1.59. The Morgan fingerprint density at radius 1 is 1.24 bits per heavy atom. The Morgan fingerprint density at radius 2 is 2.06 bits per heavy atom. The number of aryl methyl sites for hydroxylation is 1. The van der Waals surface area contributed by atoms with Crippen molar-refractivity contribution < 1.29 is 9.18 Å². The standard InChI is InChI=1S/C24H27FN6O2/c1-3-17-24(33)29-19-11-14(10-16(25)22(19)28-17)13-30-8-9-31(21-7-6-20(21)30)15-4-5-18(27-12-15)23(32)26-2/h4-5,10-12,20-21H,3,6-9,13H2,1-2H3,(H,26,32)(H,29,33)/t20-,21+/m0/s1. The summed E-state index contributed by atoms with van der Waals surface area (Å²) in [5, 5.41) is 2.59. The maximum absolute atomic E-state index is 14.8. The van der Waals surface area contributed by atoms with E-state index in [1.54, 1.807) is 19.3 Å². The predicted octanol–water partition coefficient (Wildman–Crippen LogP) is 2.23. The molecule has 33 heavy (non-hydrogen) atoms. The van der Waals surface area contributed by atoms with Crippen molar-refractivity contribution in [1.82, 2.24) is 25.2 Å². The molecule has 8 nitrogen and oxygen atoms in total. The van der Waals surface area contributed by atoms with Crippen LogP contribution >= 0.6 is 0 Å². The number of carbonyl (C=O) groups excluding carboxylic acids is 1. The van der Waals surface area contributed by atoms with Gasteiger partial charge in [-0.15, -0.1) is 0 Å². The minimum absolute atomic E-state index is 0.196. The van der Waals surface area contributed by atoms with Gasteiger partial charge in [0.25, 0.3) is 11.5 Å². The monoisotopic (exact) mass is 450 g/mol. The van der Waals surface area contributed by atoms with Crippen molar-refractivity contribution in [3.63, 3.8) is 0 Å². The van der Waals surface area contributed by atoms with Crippen LogP contribution in [-0.4, -0.2) is 58.0 Å². The highest BCUT2D eigenvalue weighted by Gasteiger charge is 2.43. The number of benzene rings is 1. The summed E-state index contributed by atoms with van der Waals surface area (Å²) in [6.45, 7) is 4.11. The molecule has 2 N–H and O–H groups in total. The third kappa shape index (κ3) is 3.86. The van der Waals surface area contributed by atoms with E-state index in [4.69, 9.17) is 0 Å². The molecule has 1 aliphatic heterocycles. The number of amides is 1. The van der Waals surface area contributed by atoms with Gasteiger partial charge >= 0.3 is 0 Å². The first-order chi connectivity index (χ1) is 16.0. The molecule has 2 fully saturated rings. The fourth-order valence-electron chi connectivity index (χ4n) is 4.97. The van der Waals surface area contributed by atoms with Gasteiger partial charge in [0.2, 0.25) is 0 Å². The molecule has 9 heteroatoms. The number of aromatic amines is 1. The van der Waals surface area contributed by atoms with Gasteiger partial charge in [-0.05, 0) is 49.1 Å². The number of anilines is 1. The molecular formula is C24H27FN6O2. The smallest absolute Gasteiger partial charge is 0.270 e. The number of rotatable bonds is 5. The molecule has 0 bridgehead atoms. The maximum atomic E-state index is 14.8. The van der Waals surface area contributed by atoms with Crippen LogP contribution in [0.2, 0.25) is 0 Å². The number of H-pyrrole nitrogens is 1. The zero-order chi connectivity index (χ0) is 23.1. The lowest BCUT2D eigenvalue weighted by molar-refractivity contribution is 0.0658. The van der Waals surface area contributed by atoms with Crippen LogP contribution in [0.15, 0.2) is 35.3 Å². The second-order valence-corrected chi connectivity index (χ2v) is 8.70. The SMILES string of the molecule is CCc1nc2c(F)cc(CN3CCN(c4ccc(C(=O)NC)nc4)[C@@H]4CC[C@@H]43)cc2[nH]c1=O. The first-order valence-electron chi connectivity index (χ1n) is 11.4. The van der Waals surface area contributed by atoms with Crippen molar-refractivity contribution in [3.05, 3.63) is 63.6 Å². The number of fused-ring (bicyclic) bond motifs is 2. The molecule has 1 saturated carbocycles. The van der Waals surface area contributed by atoms with E-state index in [2.05, 4.69) is 30.1 Å². The number of piperazine rings is 1. The van der Waals surface area contributed by atoms with Crippen molar-refractivity contribution >= 4 is 22.6 Å². The Kier molecular flexibility index (Phi) is 5.57. The van der Waals surface area contributed by atoms with Gasteiger partial charge in [-0.2, -0.15) is 0 Å². The van der Waals surface area contributed by atoms with E-state index >= 15 is 0 Å². The highest BCUT2D eigenvalue weighted by Crippen LogP contribution is 2.37. The van der Waals surface area contributed by atoms with Crippen molar-refractivity contribution in [1.29, 1.82) is 0 Å². The molecule has 0 spiro atoms. The van der Waals surface area contributed by atoms with E-state index in [9.17, 15) is 14.0 Å². The average molecular weight is 451 g/mol. The molecule has 3 heterocycles. The third-order valence-corrected chi connectivity index (χ3v) is 6.84. The molecule has 5 rings (SSSR count). The Balaban J connectivity index is 1.33. The van der Waals surface area contributed by atoms with Crippen molar-refractivity contribution in [3.8, 4) is 0 Å². The Hall–Kier alpha value is -3.33. The van der Waals surface area contributed by atoms with Crippen molar-refractivity contribution in [2.24, 2.45) is 0 Å². The van der Waals surface area contributed by atoms with Crippen LogP contribution in [0.25, 0.3) is 11.0 Å². The number of carbonyl (C=O) groups is 1. The highest BCUT2D eigenvalue weighted by molar-refractivity contribution is 5.92. The van der Waals surface area contributed by atoms with Gasteiger partial charge in [-0.3, -0.25) is 14.5 Å². The molecule has 1 saturated heterocycles. The summed E-state index contributed by atoms with van der Waals surface area (Å²) in [6.07, 6.45) is 4.40. The minimum atomic E-state index is -0.403. The van der Waals surface area contributed by atoms with Crippen LogP contribution in [0.4, 0.5) is 10.1 Å². The predicted molar refractivity (Wildman–Crippen MR) is 124 cm³/mol. The first kappa shape index (κ1) is 21.5. The van der Waals surface area contributed by atoms with Gasteiger partial charge in [-0.1, -0.05) is 6.92 Å². The molecule has 2 aromatic heterocycles. The van der Waals surface area contributed by atoms with Crippen LogP contribution in [0.5, 0.6) is 0 Å². The van der Waals surface area contributed by atoms with Crippen LogP contribution in [0.1, 0.15) is 41.5 Å². The quantitative estimate of drug-likeness (QED) is 0.619. The van der Waals surface area contributed by atoms with Gasteiger partial charge in [-0.25, -0.2) is 14.4 Å². The van der Waals surface area contributed by atoms with Gasteiger partial charge < -0.3 is 15.2 Å². The summed E-state index contributed by atoms with van der Waals surface area (Å²) in [5.41, 5.74) is 3.00. The lowest BCUT2D eigenvalue weighted by atomic mass is 9.81. The zero-order valence-electron chi connectivity index (χ0n) is 18.8. The molecule has 3 aromatic rings. The van der Waals surface area contributed by atoms with E-state index in [0.717, 1.165) is 37.2 Å². The maximum Gasteiger partial charge on any atom is 0.270 e. The summed E-state index contributed by atoms with van der Waals surface area (Å²) in [4.78, 5) is 40.0. The van der Waals surface area contributed by atoms with Crippen LogP contribution < -0.4 is 15.8 Å². The molecule has 1 aliphatic carbocycles. The summed E-state index contributed by atoms with van der Waals surface area (Å²) in [5.74, 6) is -0.600. The Labute approximate surface area is 190 Å². The van der Waals surface area contributed by atoms with Crippen LogP contribution in [0.3, 0.4) is 0 Å². The first-order valence-corrected chi connectivity index (χ1v) is 11.4. The fourth-order valence-corrected chi connectivity index (χ4v) is 4.97. The summed E-state index contributed by atoms with van der Waals surface area (Å²) < 4.78 is 14.8. The van der Waals surface area contributed by atoms with E-state index in [1.165, 1.54) is 6.07 Å². The number of hydrogen-bond acceptors (Lipinski definition) is 6. The minimum Gasteiger partial charge on any atom is -0.364 e. The molecule has 2 aliphatic rings. The summed E-state index contributed by atoms with van der Waals surface area (Å²) >= 11 is 0. The normalized spacial score (nSPS) is 20.4. The molecule has 1 amide bonds. The molecular weight excluding hydrogens is 423 g/mol. The average Bonchev–Trinajstić information content (AvgIpc) is 2.79. The molecule has 172 valence electrons. The zero-order valence-corrected chi connectivity index (χ0v) is 18.8. The van der Waals surface area contributed by atoms with Crippen LogP contribution in [0, 0.1) is 5.82 Å². The lowest BCUT2D eigenvalue weighted by Gasteiger charge is -2.54. The van der Waals surface area contributed by atoms with Crippen molar-refractivity contribution in [2.45, 2.75) is 44.8 Å². The number of nitrogens with zero attached hydrogens (tertiary/aromatic N) is 4. The van der Waals surface area contributed by atoms with E-state index in [0.29, 0.717) is 42.0 Å². The molecule has 0 radical (unpaired) electrons. The Bertz CT molecular complexity index is 1260. The fraction of sp³-hybridized carbons (Fsp3) is 0.417. The van der Waals surface area contributed by atoms with Gasteiger partial charge in [0.05, 0.1) is 17.4 Å². The lowest BCUT2D eigenvalue weighted by Crippen LogP contribution is -2.64. The van der Waals surface area contributed by atoms with Crippen LogP contribution in [-0.2, 0) is 13.0 Å². The number of hydrogen-bond donors (Lipinski definition) is 2. The number of nitrogens with one attached hydrogen (secondary N) is 2. The van der Waals surface area contributed by atoms with E-state index < -0.39 is 5.82 Å². The van der Waals surface area contributed by atoms with Gasteiger partial charge in [0.15, 0.2) is 5.82 Å². The number of halogens is 1. The molecule has 0 unspecified atom stereocenters. The molecule has 2 atom stereocenters. The van der Waals surface area contributed by atoms with Crippen molar-refractivity contribution in [2.75, 3.05) is 25.0 Å². The largest absolute Gasteiger partial charge is 0.364 e. The Morgan fingerprint density at radius 3 is 2.73 bits per heavy atom. The van der Waals surface area contributed by atoms with Gasteiger partial charge in [0.1, 0.15) is 16.9 Å². The topological polar surface area (TPSA) is 94.2 Å².